The maximum absolute atomic E-state index is 12.5. The normalized spacial score (nSPS) is 11.0. The molecule has 3 aromatic carbocycles. The van der Waals surface area contributed by atoms with Crippen molar-refractivity contribution in [1.29, 1.82) is 0 Å². The number of benzene rings is 3. The van der Waals surface area contributed by atoms with Crippen LogP contribution in [0.1, 0.15) is 40.0 Å². The molecule has 0 saturated carbocycles. The molecule has 134 valence electrons. The van der Waals surface area contributed by atoms with Crippen molar-refractivity contribution >= 4 is 5.91 Å². The molecular weight excluding hydrogens is 334 g/mol. The van der Waals surface area contributed by atoms with E-state index in [1.807, 2.05) is 73.7 Å². The van der Waals surface area contributed by atoms with Crippen molar-refractivity contribution < 1.29 is 9.53 Å². The van der Waals surface area contributed by atoms with Crippen molar-refractivity contribution in [2.24, 2.45) is 0 Å². The largest absolute Gasteiger partial charge is 0.496 e. The van der Waals surface area contributed by atoms with E-state index in [1.165, 1.54) is 0 Å². The number of carbonyl (C=O) groups is 1. The van der Waals surface area contributed by atoms with Crippen LogP contribution in [0.2, 0.25) is 0 Å². The summed E-state index contributed by atoms with van der Waals surface area (Å²) in [7, 11) is 1.63. The van der Waals surface area contributed by atoms with Gasteiger partial charge in [0.25, 0.3) is 5.91 Å². The lowest BCUT2D eigenvalue weighted by atomic mass is 10.1. The molecule has 3 nitrogen and oxygen atoms in total. The number of hydrogen-bond donors (Lipinski definition) is 1. The van der Waals surface area contributed by atoms with Gasteiger partial charge in [-0.3, -0.25) is 4.79 Å². The first-order valence-electron chi connectivity index (χ1n) is 8.78. The molecule has 0 saturated heterocycles. The Morgan fingerprint density at radius 2 is 1.44 bits per heavy atom. The molecule has 1 amide bonds. The van der Waals surface area contributed by atoms with Gasteiger partial charge in [0.05, 0.1) is 13.2 Å². The smallest absolute Gasteiger partial charge is 0.251 e. The highest BCUT2D eigenvalue weighted by atomic mass is 16.5. The van der Waals surface area contributed by atoms with E-state index in [0.29, 0.717) is 5.56 Å². The van der Waals surface area contributed by atoms with E-state index in [1.54, 1.807) is 19.2 Å². The standard InChI is InChI=1S/C24H21NO2/c1-18(22-10-6-7-11-23(22)27-2)25-24(26)21-16-14-20(15-17-21)13-12-19-8-4-3-5-9-19/h3-11,14-18H,1-2H3,(H,25,26). The summed E-state index contributed by atoms with van der Waals surface area (Å²) in [6.07, 6.45) is 0. The van der Waals surface area contributed by atoms with Crippen molar-refractivity contribution in [3.63, 3.8) is 0 Å². The van der Waals surface area contributed by atoms with Crippen LogP contribution in [-0.2, 0) is 0 Å². The molecule has 1 N–H and O–H groups in total. The summed E-state index contributed by atoms with van der Waals surface area (Å²) >= 11 is 0. The predicted molar refractivity (Wildman–Crippen MR) is 108 cm³/mol. The van der Waals surface area contributed by atoms with Gasteiger partial charge < -0.3 is 10.1 Å². The van der Waals surface area contributed by atoms with Gasteiger partial charge in [0, 0.05) is 22.3 Å². The Kier molecular flexibility index (Phi) is 5.91. The fourth-order valence-electron chi connectivity index (χ4n) is 2.75. The zero-order valence-electron chi connectivity index (χ0n) is 15.4. The van der Waals surface area contributed by atoms with Crippen LogP contribution in [-0.4, -0.2) is 13.0 Å². The molecule has 0 heterocycles. The van der Waals surface area contributed by atoms with Crippen LogP contribution in [0.3, 0.4) is 0 Å². The highest BCUT2D eigenvalue weighted by Crippen LogP contribution is 2.24. The minimum Gasteiger partial charge on any atom is -0.496 e. The zero-order chi connectivity index (χ0) is 19.1. The summed E-state index contributed by atoms with van der Waals surface area (Å²) in [5.41, 5.74) is 3.37. The maximum Gasteiger partial charge on any atom is 0.251 e. The molecule has 3 heteroatoms. The quantitative estimate of drug-likeness (QED) is 0.696. The molecule has 0 aromatic heterocycles. The second kappa shape index (κ2) is 8.73. The van der Waals surface area contributed by atoms with E-state index < -0.39 is 0 Å². The number of amides is 1. The second-order valence-corrected chi connectivity index (χ2v) is 6.13. The monoisotopic (exact) mass is 355 g/mol. The number of hydrogen-bond acceptors (Lipinski definition) is 2. The molecule has 3 aromatic rings. The predicted octanol–water partition coefficient (Wildman–Crippen LogP) is 4.59. The number of carbonyl (C=O) groups excluding carboxylic acids is 1. The van der Waals surface area contributed by atoms with Gasteiger partial charge in [-0.25, -0.2) is 0 Å². The minimum absolute atomic E-state index is 0.129. The summed E-state index contributed by atoms with van der Waals surface area (Å²) in [4.78, 5) is 12.5. The summed E-state index contributed by atoms with van der Waals surface area (Å²) in [5.74, 6) is 6.85. The van der Waals surface area contributed by atoms with Crippen molar-refractivity contribution in [2.45, 2.75) is 13.0 Å². The Bertz CT molecular complexity index is 967. The van der Waals surface area contributed by atoms with E-state index >= 15 is 0 Å². The molecule has 0 bridgehead atoms. The SMILES string of the molecule is COc1ccccc1C(C)NC(=O)c1ccc(C#Cc2ccccc2)cc1. The number of nitrogens with one attached hydrogen (secondary N) is 1. The van der Waals surface area contributed by atoms with E-state index in [9.17, 15) is 4.79 Å². The first-order chi connectivity index (χ1) is 13.2. The highest BCUT2D eigenvalue weighted by Gasteiger charge is 2.14. The number of para-hydroxylation sites is 1. The summed E-state index contributed by atoms with van der Waals surface area (Å²) < 4.78 is 5.37. The molecule has 0 fully saturated rings. The number of rotatable bonds is 4. The lowest BCUT2D eigenvalue weighted by Crippen LogP contribution is -2.26. The van der Waals surface area contributed by atoms with Crippen molar-refractivity contribution in [1.82, 2.24) is 5.32 Å². The zero-order valence-corrected chi connectivity index (χ0v) is 15.4. The fraction of sp³-hybridized carbons (Fsp3) is 0.125. The molecule has 0 radical (unpaired) electrons. The van der Waals surface area contributed by atoms with Crippen molar-refractivity contribution in [3.05, 3.63) is 101 Å². The van der Waals surface area contributed by atoms with E-state index in [0.717, 1.165) is 22.4 Å². The average molecular weight is 355 g/mol. The lowest BCUT2D eigenvalue weighted by Gasteiger charge is -2.17. The van der Waals surface area contributed by atoms with Crippen LogP contribution in [0.5, 0.6) is 5.75 Å². The second-order valence-electron chi connectivity index (χ2n) is 6.13. The molecule has 0 aliphatic rings. The van der Waals surface area contributed by atoms with E-state index in [-0.39, 0.29) is 11.9 Å². The lowest BCUT2D eigenvalue weighted by molar-refractivity contribution is 0.0939. The summed E-state index contributed by atoms with van der Waals surface area (Å²) in [5, 5.41) is 3.01. The van der Waals surface area contributed by atoms with Gasteiger partial charge in [-0.15, -0.1) is 0 Å². The van der Waals surface area contributed by atoms with E-state index in [2.05, 4.69) is 17.2 Å². The van der Waals surface area contributed by atoms with Crippen LogP contribution in [0, 0.1) is 11.8 Å². The Labute approximate surface area is 160 Å². The number of ether oxygens (including phenoxy) is 1. The van der Waals surface area contributed by atoms with Gasteiger partial charge in [-0.1, -0.05) is 48.2 Å². The van der Waals surface area contributed by atoms with Crippen LogP contribution in [0.4, 0.5) is 0 Å². The van der Waals surface area contributed by atoms with Crippen molar-refractivity contribution in [2.75, 3.05) is 7.11 Å². The highest BCUT2D eigenvalue weighted by molar-refractivity contribution is 5.94. The maximum atomic E-state index is 12.5. The van der Waals surface area contributed by atoms with Crippen LogP contribution in [0.25, 0.3) is 0 Å². The first kappa shape index (κ1) is 18.3. The molecule has 3 rings (SSSR count). The Morgan fingerprint density at radius 1 is 0.852 bits per heavy atom. The van der Waals surface area contributed by atoms with Gasteiger partial charge in [-0.05, 0) is 49.4 Å². The fourth-order valence-corrected chi connectivity index (χ4v) is 2.75. The Morgan fingerprint density at radius 3 is 2.11 bits per heavy atom. The third-order valence-corrected chi connectivity index (χ3v) is 4.23. The first-order valence-corrected chi connectivity index (χ1v) is 8.78. The van der Waals surface area contributed by atoms with Gasteiger partial charge >= 0.3 is 0 Å². The van der Waals surface area contributed by atoms with Gasteiger partial charge in [0.15, 0.2) is 0 Å². The minimum atomic E-state index is -0.161. The third-order valence-electron chi connectivity index (χ3n) is 4.23. The topological polar surface area (TPSA) is 38.3 Å². The van der Waals surface area contributed by atoms with Crippen LogP contribution >= 0.6 is 0 Å². The summed E-state index contributed by atoms with van der Waals surface area (Å²) in [6, 6.07) is 24.6. The Balaban J connectivity index is 1.68. The molecule has 0 aliphatic carbocycles. The molecule has 1 atom stereocenters. The van der Waals surface area contributed by atoms with Crippen LogP contribution < -0.4 is 10.1 Å². The Hall–Kier alpha value is -3.51. The van der Waals surface area contributed by atoms with Gasteiger partial charge in [0.2, 0.25) is 0 Å². The molecule has 0 aliphatic heterocycles. The van der Waals surface area contributed by atoms with Gasteiger partial charge in [0.1, 0.15) is 5.75 Å². The van der Waals surface area contributed by atoms with Gasteiger partial charge in [-0.2, -0.15) is 0 Å². The van der Waals surface area contributed by atoms with E-state index in [4.69, 9.17) is 4.74 Å². The summed E-state index contributed by atoms with van der Waals surface area (Å²) in [6.45, 7) is 1.94. The number of methoxy groups -OCH3 is 1. The molecule has 1 unspecified atom stereocenters. The average Bonchev–Trinajstić information content (AvgIpc) is 2.73. The molecule has 0 spiro atoms. The third kappa shape index (κ3) is 4.77. The molecule has 27 heavy (non-hydrogen) atoms. The van der Waals surface area contributed by atoms with Crippen molar-refractivity contribution in [3.8, 4) is 17.6 Å². The van der Waals surface area contributed by atoms with Crippen LogP contribution in [0.15, 0.2) is 78.9 Å². The molecular formula is C24H21NO2.